The Morgan fingerprint density at radius 1 is 1.00 bits per heavy atom. The molecule has 0 amide bonds. The molecule has 0 aliphatic carbocycles. The number of sulfonamides is 1. The second kappa shape index (κ2) is 10.5. The summed E-state index contributed by atoms with van der Waals surface area (Å²) in [6.45, 7) is 1.09. The Hall–Kier alpha value is -3.44. The van der Waals surface area contributed by atoms with Crippen molar-refractivity contribution in [2.24, 2.45) is 0 Å². The first kappa shape index (κ1) is 25.8. The highest BCUT2D eigenvalue weighted by Gasteiger charge is 2.35. The lowest BCUT2D eigenvalue weighted by atomic mass is 9.94. The van der Waals surface area contributed by atoms with E-state index in [1.165, 1.54) is 58.9 Å². The largest absolute Gasteiger partial charge is 0.496 e. The first-order chi connectivity index (χ1) is 15.5. The maximum absolute atomic E-state index is 12.6. The second-order valence-electron chi connectivity index (χ2n) is 7.07. The van der Waals surface area contributed by atoms with Crippen molar-refractivity contribution in [1.29, 1.82) is 0 Å². The molecule has 1 atom stereocenters. The molecule has 0 aliphatic rings. The van der Waals surface area contributed by atoms with Crippen LogP contribution < -0.4 is 23.7 Å². The van der Waals surface area contributed by atoms with E-state index in [1.807, 2.05) is 0 Å². The van der Waals surface area contributed by atoms with Gasteiger partial charge in [-0.3, -0.25) is 4.72 Å². The Morgan fingerprint density at radius 3 is 2.06 bits per heavy atom. The van der Waals surface area contributed by atoms with E-state index in [-0.39, 0.29) is 16.9 Å². The van der Waals surface area contributed by atoms with Crippen LogP contribution in [-0.2, 0) is 26.2 Å². The molecule has 180 valence electrons. The number of hydrogen-bond acceptors (Lipinski definition) is 8. The Morgan fingerprint density at radius 2 is 1.58 bits per heavy atom. The minimum absolute atomic E-state index is 0.0616. The van der Waals surface area contributed by atoms with E-state index in [9.17, 15) is 23.4 Å². The molecular weight excluding hydrogens is 454 g/mol. The van der Waals surface area contributed by atoms with Gasteiger partial charge in [0.15, 0.2) is 5.60 Å². The number of carbonyl (C=O) groups is 1. The monoisotopic (exact) mass is 481 g/mol. The van der Waals surface area contributed by atoms with Gasteiger partial charge in [-0.2, -0.15) is 0 Å². The van der Waals surface area contributed by atoms with Gasteiger partial charge < -0.3 is 29.2 Å². The molecule has 3 N–H and O–H groups in total. The topological polar surface area (TPSA) is 141 Å². The van der Waals surface area contributed by atoms with Gasteiger partial charge in [-0.05, 0) is 30.7 Å². The fourth-order valence-electron chi connectivity index (χ4n) is 3.02. The van der Waals surface area contributed by atoms with Crippen molar-refractivity contribution in [2.45, 2.75) is 18.3 Å². The molecule has 0 saturated carbocycles. The lowest BCUT2D eigenvalue weighted by Crippen LogP contribution is -2.32. The molecule has 33 heavy (non-hydrogen) atoms. The van der Waals surface area contributed by atoms with Crippen LogP contribution in [0, 0.1) is 0 Å². The van der Waals surface area contributed by atoms with Crippen molar-refractivity contribution >= 4 is 22.1 Å². The minimum Gasteiger partial charge on any atom is -0.496 e. The van der Waals surface area contributed by atoms with E-state index in [2.05, 4.69) is 4.72 Å². The summed E-state index contributed by atoms with van der Waals surface area (Å²) >= 11 is 0. The van der Waals surface area contributed by atoms with Crippen LogP contribution in [0.5, 0.6) is 23.0 Å². The average Bonchev–Trinajstić information content (AvgIpc) is 2.78. The Kier molecular flexibility index (Phi) is 8.18. The number of carboxylic acid groups (broad SMARTS) is 1. The summed E-state index contributed by atoms with van der Waals surface area (Å²) in [7, 11) is 1.87. The summed E-state index contributed by atoms with van der Waals surface area (Å²) < 4.78 is 48.5. The van der Waals surface area contributed by atoms with Gasteiger partial charge in [-0.1, -0.05) is 6.07 Å². The van der Waals surface area contributed by atoms with Crippen LogP contribution in [0.25, 0.3) is 6.08 Å². The highest BCUT2D eigenvalue weighted by molar-refractivity contribution is 7.88. The van der Waals surface area contributed by atoms with Crippen LogP contribution in [-0.4, -0.2) is 53.0 Å². The third kappa shape index (κ3) is 6.08. The van der Waals surface area contributed by atoms with E-state index >= 15 is 0 Å². The average molecular weight is 482 g/mol. The summed E-state index contributed by atoms with van der Waals surface area (Å²) in [4.78, 5) is 11.4. The first-order valence-electron chi connectivity index (χ1n) is 9.58. The van der Waals surface area contributed by atoms with Crippen molar-refractivity contribution in [2.75, 3.05) is 28.4 Å². The quantitative estimate of drug-likeness (QED) is 0.440. The van der Waals surface area contributed by atoms with Crippen molar-refractivity contribution in [3.63, 3.8) is 0 Å². The third-order valence-corrected chi connectivity index (χ3v) is 6.02. The van der Waals surface area contributed by atoms with Crippen LogP contribution in [0.15, 0.2) is 36.5 Å². The molecule has 2 aromatic rings. The van der Waals surface area contributed by atoms with Gasteiger partial charge in [0.05, 0.1) is 39.8 Å². The lowest BCUT2D eigenvalue weighted by molar-refractivity contribution is -0.157. The van der Waals surface area contributed by atoms with Gasteiger partial charge in [0, 0.05) is 23.9 Å². The SMILES string of the molecule is COc1cc(OC)c(C=CNS(=O)(=O)Cc2ccc(OC)c(C(C)(O)C(=O)O)c2)c(OC)c1. The first-order valence-corrected chi connectivity index (χ1v) is 11.2. The van der Waals surface area contributed by atoms with Crippen LogP contribution in [0.4, 0.5) is 0 Å². The number of aliphatic hydroxyl groups is 1. The van der Waals surface area contributed by atoms with Crippen molar-refractivity contribution in [3.8, 4) is 23.0 Å². The lowest BCUT2D eigenvalue weighted by Gasteiger charge is -2.22. The highest BCUT2D eigenvalue weighted by atomic mass is 32.2. The van der Waals surface area contributed by atoms with Crippen LogP contribution in [0.1, 0.15) is 23.6 Å². The molecule has 0 spiro atoms. The minimum atomic E-state index is -3.87. The van der Waals surface area contributed by atoms with E-state index in [0.717, 1.165) is 6.92 Å². The number of methoxy groups -OCH3 is 4. The molecule has 11 heteroatoms. The highest BCUT2D eigenvalue weighted by Crippen LogP contribution is 2.35. The number of aliphatic carboxylic acids is 1. The summed E-state index contributed by atoms with van der Waals surface area (Å²) in [5, 5.41) is 19.6. The summed E-state index contributed by atoms with van der Waals surface area (Å²) in [5.74, 6) is -0.510. The molecule has 0 heterocycles. The Labute approximate surface area is 192 Å². The maximum Gasteiger partial charge on any atom is 0.340 e. The molecule has 0 saturated heterocycles. The smallest absolute Gasteiger partial charge is 0.340 e. The van der Waals surface area contributed by atoms with E-state index in [1.54, 1.807) is 12.1 Å². The van der Waals surface area contributed by atoms with Gasteiger partial charge in [-0.25, -0.2) is 13.2 Å². The number of benzene rings is 2. The molecule has 2 aromatic carbocycles. The van der Waals surface area contributed by atoms with Crippen molar-refractivity contribution < 1.29 is 42.4 Å². The van der Waals surface area contributed by atoms with E-state index < -0.39 is 27.3 Å². The Balaban J connectivity index is 2.29. The number of nitrogens with one attached hydrogen (secondary N) is 1. The molecule has 2 rings (SSSR count). The van der Waals surface area contributed by atoms with Crippen molar-refractivity contribution in [1.82, 2.24) is 4.72 Å². The maximum atomic E-state index is 12.6. The van der Waals surface area contributed by atoms with Gasteiger partial charge in [0.25, 0.3) is 0 Å². The molecule has 1 unspecified atom stereocenters. The molecule has 0 fully saturated rings. The van der Waals surface area contributed by atoms with Gasteiger partial charge in [-0.15, -0.1) is 0 Å². The number of rotatable bonds is 11. The van der Waals surface area contributed by atoms with Crippen molar-refractivity contribution in [3.05, 3.63) is 53.2 Å². The number of hydrogen-bond donors (Lipinski definition) is 3. The standard InChI is InChI=1S/C22H27NO9S/c1-22(26,21(24)25)17-10-14(6-7-18(17)30-3)13-33(27,28)23-9-8-16-19(31-4)11-15(29-2)12-20(16)32-5/h6-12,23,26H,13H2,1-5H3,(H,24,25). The number of carboxylic acids is 1. The molecule has 0 radical (unpaired) electrons. The normalized spacial score (nSPS) is 13.3. The third-order valence-electron chi connectivity index (χ3n) is 4.81. The molecule has 0 aromatic heterocycles. The molecular formula is C22H27NO9S. The van der Waals surface area contributed by atoms with Gasteiger partial charge >= 0.3 is 5.97 Å². The fraction of sp³-hybridized carbons (Fsp3) is 0.318. The van der Waals surface area contributed by atoms with E-state index in [0.29, 0.717) is 22.8 Å². The zero-order chi connectivity index (χ0) is 24.8. The van der Waals surface area contributed by atoms with Crippen LogP contribution in [0.3, 0.4) is 0 Å². The zero-order valence-corrected chi connectivity index (χ0v) is 19.7. The predicted octanol–water partition coefficient (Wildman–Crippen LogP) is 2.10. The fourth-order valence-corrected chi connectivity index (χ4v) is 4.00. The van der Waals surface area contributed by atoms with Gasteiger partial charge in [0.1, 0.15) is 23.0 Å². The van der Waals surface area contributed by atoms with Crippen LogP contribution in [0.2, 0.25) is 0 Å². The second-order valence-corrected chi connectivity index (χ2v) is 8.82. The van der Waals surface area contributed by atoms with Gasteiger partial charge in [0.2, 0.25) is 10.0 Å². The predicted molar refractivity (Wildman–Crippen MR) is 121 cm³/mol. The molecule has 0 bridgehead atoms. The Bertz CT molecular complexity index is 1120. The van der Waals surface area contributed by atoms with Crippen LogP contribution >= 0.6 is 0 Å². The van der Waals surface area contributed by atoms with E-state index in [4.69, 9.17) is 18.9 Å². The zero-order valence-electron chi connectivity index (χ0n) is 18.9. The molecule has 0 aliphatic heterocycles. The summed E-state index contributed by atoms with van der Waals surface area (Å²) in [6.07, 6.45) is 2.70. The number of ether oxygens (including phenoxy) is 4. The summed E-state index contributed by atoms with van der Waals surface area (Å²) in [6, 6.07) is 7.42. The molecule has 10 nitrogen and oxygen atoms in total. The summed E-state index contributed by atoms with van der Waals surface area (Å²) in [5.41, 5.74) is -1.58.